The Morgan fingerprint density at radius 3 is 2.33 bits per heavy atom. The molecule has 0 heterocycles. The van der Waals surface area contributed by atoms with E-state index in [1.807, 2.05) is 37.3 Å². The van der Waals surface area contributed by atoms with Gasteiger partial charge < -0.3 is 10.5 Å². The Morgan fingerprint density at radius 2 is 1.75 bits per heavy atom. The van der Waals surface area contributed by atoms with Gasteiger partial charge in [0.1, 0.15) is 0 Å². The van der Waals surface area contributed by atoms with Crippen molar-refractivity contribution in [3.63, 3.8) is 0 Å². The van der Waals surface area contributed by atoms with Crippen LogP contribution in [0, 0.1) is 0 Å². The summed E-state index contributed by atoms with van der Waals surface area (Å²) in [6.07, 6.45) is 0. The molecule has 1 saturated carbocycles. The van der Waals surface area contributed by atoms with Crippen molar-refractivity contribution in [1.29, 1.82) is 0 Å². The summed E-state index contributed by atoms with van der Waals surface area (Å²) in [5.74, 6) is -0.286. The molecule has 1 aliphatic rings. The van der Waals surface area contributed by atoms with E-state index in [1.165, 1.54) is 12.1 Å². The fourth-order valence-electron chi connectivity index (χ4n) is 3.26. The summed E-state index contributed by atoms with van der Waals surface area (Å²) in [5.41, 5.74) is 6.47. The van der Waals surface area contributed by atoms with Gasteiger partial charge in [-0.3, -0.25) is 0 Å². The molecule has 0 saturated heterocycles. The van der Waals surface area contributed by atoms with Crippen molar-refractivity contribution >= 4 is 21.4 Å². The molecule has 2 N–H and O–H groups in total. The van der Waals surface area contributed by atoms with Crippen LogP contribution in [0.3, 0.4) is 0 Å². The second-order valence-corrected chi connectivity index (χ2v) is 8.56. The summed E-state index contributed by atoms with van der Waals surface area (Å²) in [6.45, 7) is 2.57. The van der Waals surface area contributed by atoms with Gasteiger partial charge in [-0.15, -0.1) is 0 Å². The molecule has 3 atom stereocenters. The lowest BCUT2D eigenvalue weighted by molar-refractivity contribution is 0.125. The molecular weight excluding hydrogens is 346 g/mol. The normalized spacial score (nSPS) is 26.3. The summed E-state index contributed by atoms with van der Waals surface area (Å²) >= 11 is 5.87. The van der Waals surface area contributed by atoms with Crippen LogP contribution in [0.4, 0.5) is 0 Å². The molecule has 128 valence electrons. The molecular formula is C18H20ClNO3S. The van der Waals surface area contributed by atoms with Crippen molar-refractivity contribution in [1.82, 2.24) is 0 Å². The van der Waals surface area contributed by atoms with Crippen LogP contribution in [-0.2, 0) is 14.6 Å². The van der Waals surface area contributed by atoms with E-state index in [1.54, 1.807) is 12.1 Å². The number of ether oxygens (including phenoxy) is 1. The Kier molecular flexibility index (Phi) is 4.71. The van der Waals surface area contributed by atoms with Gasteiger partial charge in [-0.25, -0.2) is 8.42 Å². The molecule has 0 amide bonds. The van der Waals surface area contributed by atoms with Crippen molar-refractivity contribution in [2.45, 2.75) is 28.5 Å². The van der Waals surface area contributed by atoms with Crippen LogP contribution in [0.1, 0.15) is 18.4 Å². The van der Waals surface area contributed by atoms with Gasteiger partial charge in [0.25, 0.3) is 0 Å². The minimum atomic E-state index is -3.58. The van der Waals surface area contributed by atoms with Gasteiger partial charge in [0.15, 0.2) is 9.84 Å². The summed E-state index contributed by atoms with van der Waals surface area (Å²) in [7, 11) is -3.58. The van der Waals surface area contributed by atoms with Crippen molar-refractivity contribution in [2.75, 3.05) is 13.2 Å². The highest BCUT2D eigenvalue weighted by Gasteiger charge is 2.69. The van der Waals surface area contributed by atoms with Crippen molar-refractivity contribution in [3.8, 4) is 0 Å². The quantitative estimate of drug-likeness (QED) is 0.854. The Balaban J connectivity index is 1.99. The number of sulfone groups is 1. The van der Waals surface area contributed by atoms with Gasteiger partial charge in [-0.1, -0.05) is 41.9 Å². The van der Waals surface area contributed by atoms with E-state index in [0.29, 0.717) is 11.6 Å². The number of hydrogen-bond donors (Lipinski definition) is 1. The molecule has 2 aromatic rings. The number of nitrogens with two attached hydrogens (primary N) is 1. The summed E-state index contributed by atoms with van der Waals surface area (Å²) in [5, 5.41) is -0.210. The highest BCUT2D eigenvalue weighted by Crippen LogP contribution is 2.55. The Morgan fingerprint density at radius 1 is 1.12 bits per heavy atom. The van der Waals surface area contributed by atoms with Crippen LogP contribution < -0.4 is 5.73 Å². The zero-order chi connectivity index (χ0) is 17.4. The Labute approximate surface area is 147 Å². The lowest BCUT2D eigenvalue weighted by atomic mass is 10.1. The molecule has 1 fully saturated rings. The van der Waals surface area contributed by atoms with Gasteiger partial charge >= 0.3 is 0 Å². The first-order valence-corrected chi connectivity index (χ1v) is 9.74. The van der Waals surface area contributed by atoms with E-state index in [4.69, 9.17) is 22.1 Å². The minimum Gasteiger partial charge on any atom is -0.380 e. The second-order valence-electron chi connectivity index (χ2n) is 6.06. The monoisotopic (exact) mass is 365 g/mol. The molecule has 0 radical (unpaired) electrons. The summed E-state index contributed by atoms with van der Waals surface area (Å²) < 4.78 is 31.7. The van der Waals surface area contributed by atoms with Gasteiger partial charge in [0.05, 0.1) is 22.3 Å². The molecule has 6 heteroatoms. The molecule has 4 nitrogen and oxygen atoms in total. The van der Waals surface area contributed by atoms with E-state index >= 15 is 0 Å². The van der Waals surface area contributed by atoms with Crippen LogP contribution in [0.2, 0.25) is 5.02 Å². The third-order valence-electron chi connectivity index (χ3n) is 4.49. The molecule has 0 spiro atoms. The predicted molar refractivity (Wildman–Crippen MR) is 95.0 cm³/mol. The van der Waals surface area contributed by atoms with Crippen LogP contribution in [0.15, 0.2) is 59.5 Å². The number of benzene rings is 2. The first-order valence-electron chi connectivity index (χ1n) is 7.82. The molecule has 2 aromatic carbocycles. The third kappa shape index (κ3) is 2.97. The highest BCUT2D eigenvalue weighted by molar-refractivity contribution is 7.92. The molecule has 0 aromatic heterocycles. The molecule has 1 aliphatic carbocycles. The van der Waals surface area contributed by atoms with Crippen LogP contribution >= 0.6 is 11.6 Å². The largest absolute Gasteiger partial charge is 0.380 e. The van der Waals surface area contributed by atoms with Crippen molar-refractivity contribution < 1.29 is 13.2 Å². The average molecular weight is 366 g/mol. The maximum Gasteiger partial charge on any atom is 0.183 e. The van der Waals surface area contributed by atoms with Crippen LogP contribution in [0.25, 0.3) is 0 Å². The maximum absolute atomic E-state index is 13.1. The predicted octanol–water partition coefficient (Wildman–Crippen LogP) is 3.01. The fourth-order valence-corrected chi connectivity index (χ4v) is 5.68. The smallest absolute Gasteiger partial charge is 0.183 e. The lowest BCUT2D eigenvalue weighted by Gasteiger charge is -2.12. The SMILES string of the molecule is CCOC[C@@]1(N)[C@H](S(=O)(=O)c2ccc(Cl)cc2)[C@@H]1c1ccccc1. The van der Waals surface area contributed by atoms with E-state index in [2.05, 4.69) is 0 Å². The van der Waals surface area contributed by atoms with Crippen molar-refractivity contribution in [3.05, 3.63) is 65.2 Å². The zero-order valence-corrected chi connectivity index (χ0v) is 14.9. The molecule has 0 bridgehead atoms. The average Bonchev–Trinajstić information content (AvgIpc) is 3.21. The Bertz CT molecular complexity index is 808. The maximum atomic E-state index is 13.1. The van der Waals surface area contributed by atoms with E-state index in [-0.39, 0.29) is 17.4 Å². The summed E-state index contributed by atoms with van der Waals surface area (Å²) in [6, 6.07) is 15.7. The summed E-state index contributed by atoms with van der Waals surface area (Å²) in [4.78, 5) is 0.238. The molecule has 0 unspecified atom stereocenters. The second kappa shape index (κ2) is 6.48. The lowest BCUT2D eigenvalue weighted by Crippen LogP contribution is -2.36. The first-order chi connectivity index (χ1) is 11.4. The van der Waals surface area contributed by atoms with Gasteiger partial charge in [-0.05, 0) is 36.8 Å². The standard InChI is InChI=1S/C18H20ClNO3S/c1-2-23-12-18(20)16(13-6-4-3-5-7-13)17(18)24(21,22)15-10-8-14(19)9-11-15/h3-11,16-17H,2,12,20H2,1H3/t16-,17+,18-/m0/s1. The number of rotatable bonds is 6. The number of halogens is 1. The molecule has 0 aliphatic heterocycles. The topological polar surface area (TPSA) is 69.4 Å². The van der Waals surface area contributed by atoms with Crippen LogP contribution in [0.5, 0.6) is 0 Å². The van der Waals surface area contributed by atoms with Gasteiger partial charge in [0, 0.05) is 17.5 Å². The van der Waals surface area contributed by atoms with E-state index in [9.17, 15) is 8.42 Å². The van der Waals surface area contributed by atoms with Crippen molar-refractivity contribution in [2.24, 2.45) is 5.73 Å². The first kappa shape index (κ1) is 17.4. The van der Waals surface area contributed by atoms with E-state index < -0.39 is 20.6 Å². The molecule has 3 rings (SSSR count). The van der Waals surface area contributed by atoms with Crippen LogP contribution in [-0.4, -0.2) is 32.4 Å². The zero-order valence-electron chi connectivity index (χ0n) is 13.4. The number of hydrogen-bond acceptors (Lipinski definition) is 4. The highest BCUT2D eigenvalue weighted by atomic mass is 35.5. The van der Waals surface area contributed by atoms with Gasteiger partial charge in [-0.2, -0.15) is 0 Å². The Hall–Kier alpha value is -1.40. The van der Waals surface area contributed by atoms with Gasteiger partial charge in [0.2, 0.25) is 0 Å². The fraction of sp³-hybridized carbons (Fsp3) is 0.333. The minimum absolute atomic E-state index is 0.209. The third-order valence-corrected chi connectivity index (χ3v) is 7.05. The van der Waals surface area contributed by atoms with E-state index in [0.717, 1.165) is 5.56 Å². The molecule has 24 heavy (non-hydrogen) atoms.